The van der Waals surface area contributed by atoms with Gasteiger partial charge in [0, 0.05) is 44.8 Å². The lowest BCUT2D eigenvalue weighted by atomic mass is 9.89. The number of rotatable bonds is 4. The quantitative estimate of drug-likeness (QED) is 0.721. The fourth-order valence-corrected chi connectivity index (χ4v) is 5.58. The summed E-state index contributed by atoms with van der Waals surface area (Å²) in [6, 6.07) is 4.46. The standard InChI is InChI=1S/C24H30N4O4/c29-21-9-8-20(22(30)25-21)28-23(31)18-7-6-17(14-19(18)24(28)32)27-12-10-26(11-13-27)15-16-4-2-1-3-5-16/h6-7,14,16,20H,1-5,8-13,15H2,(H,25,29,30). The lowest BCUT2D eigenvalue weighted by Crippen LogP contribution is -2.54. The van der Waals surface area contributed by atoms with E-state index in [0.29, 0.717) is 11.1 Å². The monoisotopic (exact) mass is 438 g/mol. The molecular weight excluding hydrogens is 408 g/mol. The van der Waals surface area contributed by atoms with Crippen LogP contribution < -0.4 is 10.2 Å². The Morgan fingerprint density at radius 1 is 0.844 bits per heavy atom. The Morgan fingerprint density at radius 2 is 1.56 bits per heavy atom. The molecule has 8 heteroatoms. The first-order valence-electron chi connectivity index (χ1n) is 11.8. The summed E-state index contributed by atoms with van der Waals surface area (Å²) in [4.78, 5) is 55.4. The van der Waals surface area contributed by atoms with Crippen LogP contribution in [0.15, 0.2) is 18.2 Å². The number of imide groups is 2. The molecule has 1 saturated carbocycles. The third-order valence-corrected chi connectivity index (χ3v) is 7.40. The van der Waals surface area contributed by atoms with E-state index < -0.39 is 23.8 Å². The lowest BCUT2D eigenvalue weighted by Gasteiger charge is -2.38. The molecule has 3 aliphatic heterocycles. The highest BCUT2D eigenvalue weighted by atomic mass is 16.2. The lowest BCUT2D eigenvalue weighted by molar-refractivity contribution is -0.136. The van der Waals surface area contributed by atoms with Crippen molar-refractivity contribution in [3.05, 3.63) is 29.3 Å². The van der Waals surface area contributed by atoms with Crippen molar-refractivity contribution in [3.63, 3.8) is 0 Å². The Balaban J connectivity index is 1.25. The maximum atomic E-state index is 13.1. The molecule has 0 aromatic heterocycles. The van der Waals surface area contributed by atoms with E-state index in [1.807, 2.05) is 6.07 Å². The Morgan fingerprint density at radius 3 is 2.28 bits per heavy atom. The second-order valence-electron chi connectivity index (χ2n) is 9.47. The van der Waals surface area contributed by atoms with E-state index in [9.17, 15) is 19.2 Å². The van der Waals surface area contributed by atoms with E-state index in [2.05, 4.69) is 15.1 Å². The normalized spacial score (nSPS) is 25.3. The fourth-order valence-electron chi connectivity index (χ4n) is 5.58. The smallest absolute Gasteiger partial charge is 0.262 e. The topological polar surface area (TPSA) is 90.0 Å². The molecule has 0 bridgehead atoms. The zero-order valence-corrected chi connectivity index (χ0v) is 18.3. The van der Waals surface area contributed by atoms with Crippen LogP contribution in [0.1, 0.15) is 65.7 Å². The van der Waals surface area contributed by atoms with Crippen LogP contribution in [0.2, 0.25) is 0 Å². The van der Waals surface area contributed by atoms with Crippen molar-refractivity contribution in [2.24, 2.45) is 5.92 Å². The van der Waals surface area contributed by atoms with Gasteiger partial charge in [0.2, 0.25) is 11.8 Å². The first-order chi connectivity index (χ1) is 15.5. The molecule has 3 heterocycles. The number of piperazine rings is 1. The van der Waals surface area contributed by atoms with Crippen molar-refractivity contribution in [2.75, 3.05) is 37.6 Å². The van der Waals surface area contributed by atoms with Gasteiger partial charge in [-0.05, 0) is 43.4 Å². The molecule has 0 spiro atoms. The number of hydrogen-bond donors (Lipinski definition) is 1. The first-order valence-corrected chi connectivity index (χ1v) is 11.8. The van der Waals surface area contributed by atoms with Crippen molar-refractivity contribution >= 4 is 29.3 Å². The van der Waals surface area contributed by atoms with Gasteiger partial charge in [-0.25, -0.2) is 0 Å². The van der Waals surface area contributed by atoms with Crippen LogP contribution in [-0.2, 0) is 9.59 Å². The average molecular weight is 439 g/mol. The van der Waals surface area contributed by atoms with Crippen LogP contribution >= 0.6 is 0 Å². The summed E-state index contributed by atoms with van der Waals surface area (Å²) < 4.78 is 0. The number of fused-ring (bicyclic) bond motifs is 1. The maximum absolute atomic E-state index is 13.1. The van der Waals surface area contributed by atoms with Gasteiger partial charge < -0.3 is 4.90 Å². The minimum Gasteiger partial charge on any atom is -0.369 e. The molecule has 2 saturated heterocycles. The van der Waals surface area contributed by atoms with Crippen LogP contribution in [0.3, 0.4) is 0 Å². The van der Waals surface area contributed by atoms with E-state index >= 15 is 0 Å². The predicted octanol–water partition coefficient (Wildman–Crippen LogP) is 1.79. The molecule has 32 heavy (non-hydrogen) atoms. The summed E-state index contributed by atoms with van der Waals surface area (Å²) in [5, 5.41) is 2.23. The largest absolute Gasteiger partial charge is 0.369 e. The second kappa shape index (κ2) is 8.65. The number of piperidine rings is 1. The molecule has 1 aliphatic carbocycles. The van der Waals surface area contributed by atoms with Crippen molar-refractivity contribution < 1.29 is 19.2 Å². The Kier molecular flexibility index (Phi) is 5.71. The summed E-state index contributed by atoms with van der Waals surface area (Å²) in [6.07, 6.45) is 7.11. The van der Waals surface area contributed by atoms with E-state index in [1.165, 1.54) is 38.6 Å². The van der Waals surface area contributed by atoms with E-state index in [4.69, 9.17) is 0 Å². The molecule has 1 atom stereocenters. The van der Waals surface area contributed by atoms with Gasteiger partial charge in [0.1, 0.15) is 6.04 Å². The molecule has 3 fully saturated rings. The average Bonchev–Trinajstić information content (AvgIpc) is 3.05. The Labute approximate surface area is 187 Å². The van der Waals surface area contributed by atoms with Crippen LogP contribution in [0, 0.1) is 5.92 Å². The summed E-state index contributed by atoms with van der Waals surface area (Å²) >= 11 is 0. The number of carbonyl (C=O) groups is 4. The molecule has 8 nitrogen and oxygen atoms in total. The van der Waals surface area contributed by atoms with Crippen LogP contribution in [-0.4, -0.2) is 72.2 Å². The van der Waals surface area contributed by atoms with Crippen LogP contribution in [0.5, 0.6) is 0 Å². The number of carbonyl (C=O) groups excluding carboxylic acids is 4. The van der Waals surface area contributed by atoms with Gasteiger partial charge in [0.05, 0.1) is 11.1 Å². The molecule has 4 aliphatic rings. The minimum absolute atomic E-state index is 0.125. The van der Waals surface area contributed by atoms with Gasteiger partial charge in [0.25, 0.3) is 11.8 Å². The Hall–Kier alpha value is -2.74. The molecule has 0 radical (unpaired) electrons. The predicted molar refractivity (Wildman–Crippen MR) is 118 cm³/mol. The number of anilines is 1. The van der Waals surface area contributed by atoms with Gasteiger partial charge >= 0.3 is 0 Å². The maximum Gasteiger partial charge on any atom is 0.262 e. The number of amides is 4. The van der Waals surface area contributed by atoms with Gasteiger partial charge in [-0.3, -0.25) is 34.3 Å². The molecule has 1 N–H and O–H groups in total. The third-order valence-electron chi connectivity index (χ3n) is 7.40. The summed E-state index contributed by atoms with van der Waals surface area (Å²) in [5.41, 5.74) is 1.62. The van der Waals surface area contributed by atoms with Gasteiger partial charge in [-0.15, -0.1) is 0 Å². The van der Waals surface area contributed by atoms with Crippen molar-refractivity contribution in [3.8, 4) is 0 Å². The zero-order chi connectivity index (χ0) is 22.2. The molecule has 1 aromatic rings. The number of hydrogen-bond acceptors (Lipinski definition) is 6. The first kappa shape index (κ1) is 21.1. The summed E-state index contributed by atoms with van der Waals surface area (Å²) in [5.74, 6) is -1.02. The molecule has 1 aromatic carbocycles. The molecule has 4 amide bonds. The van der Waals surface area contributed by atoms with Gasteiger partial charge in [0.15, 0.2) is 0 Å². The van der Waals surface area contributed by atoms with E-state index in [1.54, 1.807) is 12.1 Å². The molecule has 1 unspecified atom stereocenters. The fraction of sp³-hybridized carbons (Fsp3) is 0.583. The molecule has 5 rings (SSSR count). The van der Waals surface area contributed by atoms with Gasteiger partial charge in [-0.1, -0.05) is 19.3 Å². The second-order valence-corrected chi connectivity index (χ2v) is 9.47. The molecular formula is C24H30N4O4. The number of nitrogens with one attached hydrogen (secondary N) is 1. The Bertz CT molecular complexity index is 947. The van der Waals surface area contributed by atoms with E-state index in [-0.39, 0.29) is 18.7 Å². The van der Waals surface area contributed by atoms with Crippen molar-refractivity contribution in [1.82, 2.24) is 15.1 Å². The van der Waals surface area contributed by atoms with E-state index in [0.717, 1.165) is 42.7 Å². The third kappa shape index (κ3) is 3.92. The number of benzene rings is 1. The van der Waals surface area contributed by atoms with Crippen LogP contribution in [0.4, 0.5) is 5.69 Å². The number of nitrogens with zero attached hydrogens (tertiary/aromatic N) is 3. The summed E-state index contributed by atoms with van der Waals surface area (Å²) in [6.45, 7) is 4.98. The highest BCUT2D eigenvalue weighted by Gasteiger charge is 2.44. The highest BCUT2D eigenvalue weighted by Crippen LogP contribution is 2.31. The van der Waals surface area contributed by atoms with Crippen molar-refractivity contribution in [1.29, 1.82) is 0 Å². The van der Waals surface area contributed by atoms with Crippen LogP contribution in [0.25, 0.3) is 0 Å². The van der Waals surface area contributed by atoms with Crippen molar-refractivity contribution in [2.45, 2.75) is 51.0 Å². The SMILES string of the molecule is O=C1CCC(N2C(=O)c3ccc(N4CCN(CC5CCCCC5)CC4)cc3C2=O)C(=O)N1. The summed E-state index contributed by atoms with van der Waals surface area (Å²) in [7, 11) is 0. The highest BCUT2D eigenvalue weighted by molar-refractivity contribution is 6.23. The van der Waals surface area contributed by atoms with Gasteiger partial charge in [-0.2, -0.15) is 0 Å². The zero-order valence-electron chi connectivity index (χ0n) is 18.3. The molecule has 170 valence electrons. The minimum atomic E-state index is -0.924.